The second-order valence-corrected chi connectivity index (χ2v) is 7.99. The van der Waals surface area contributed by atoms with Crippen LogP contribution in [0.5, 0.6) is 0 Å². The number of hydrogen-bond donors (Lipinski definition) is 2. The molecule has 1 amide bonds. The van der Waals surface area contributed by atoms with Crippen LogP contribution in [0.3, 0.4) is 0 Å². The normalized spacial score (nSPS) is 15.0. The van der Waals surface area contributed by atoms with Gasteiger partial charge >= 0.3 is 0 Å². The van der Waals surface area contributed by atoms with Crippen molar-refractivity contribution in [3.05, 3.63) is 48.3 Å². The van der Waals surface area contributed by atoms with E-state index in [-0.39, 0.29) is 5.91 Å². The molecular formula is C21H26N6OS. The number of aromatic nitrogens is 2. The van der Waals surface area contributed by atoms with Crippen LogP contribution in [0.2, 0.25) is 0 Å². The number of pyridine rings is 1. The molecular weight excluding hydrogens is 384 g/mol. The highest BCUT2D eigenvalue weighted by atomic mass is 32.1. The molecule has 0 bridgehead atoms. The van der Waals surface area contributed by atoms with Crippen LogP contribution in [0.15, 0.2) is 42.6 Å². The van der Waals surface area contributed by atoms with E-state index in [0.29, 0.717) is 17.9 Å². The van der Waals surface area contributed by atoms with Crippen molar-refractivity contribution in [2.24, 2.45) is 0 Å². The Hall–Kier alpha value is -2.71. The summed E-state index contributed by atoms with van der Waals surface area (Å²) in [5.41, 5.74) is 7.59. The maximum absolute atomic E-state index is 12.1. The number of benzene rings is 1. The first-order valence-corrected chi connectivity index (χ1v) is 10.8. The zero-order chi connectivity index (χ0) is 20.1. The van der Waals surface area contributed by atoms with Gasteiger partial charge in [0.2, 0.25) is 0 Å². The van der Waals surface area contributed by atoms with Gasteiger partial charge in [0, 0.05) is 44.3 Å². The topological polar surface area (TPSA) is 87.4 Å². The molecule has 0 radical (unpaired) electrons. The number of anilines is 2. The third-order valence-corrected chi connectivity index (χ3v) is 6.20. The summed E-state index contributed by atoms with van der Waals surface area (Å²) in [6.07, 6.45) is 3.58. The molecule has 1 aromatic carbocycles. The van der Waals surface area contributed by atoms with E-state index in [0.717, 1.165) is 51.1 Å². The molecule has 0 atom stereocenters. The molecule has 7 nitrogen and oxygen atoms in total. The van der Waals surface area contributed by atoms with E-state index < -0.39 is 0 Å². The van der Waals surface area contributed by atoms with Gasteiger partial charge in [-0.15, -0.1) is 0 Å². The minimum Gasteiger partial charge on any atom is -0.397 e. The van der Waals surface area contributed by atoms with Crippen molar-refractivity contribution in [1.82, 2.24) is 19.6 Å². The molecule has 8 heteroatoms. The van der Waals surface area contributed by atoms with Gasteiger partial charge in [0.1, 0.15) is 5.00 Å². The Morgan fingerprint density at radius 3 is 2.76 bits per heavy atom. The molecule has 1 aliphatic rings. The predicted molar refractivity (Wildman–Crippen MR) is 118 cm³/mol. The van der Waals surface area contributed by atoms with Crippen LogP contribution in [0.4, 0.5) is 10.7 Å². The van der Waals surface area contributed by atoms with Crippen LogP contribution in [0.1, 0.15) is 23.3 Å². The Labute approximate surface area is 174 Å². The van der Waals surface area contributed by atoms with Crippen LogP contribution in [-0.2, 0) is 0 Å². The number of rotatable bonds is 7. The minimum atomic E-state index is -0.200. The van der Waals surface area contributed by atoms with Gasteiger partial charge < -0.3 is 16.0 Å². The van der Waals surface area contributed by atoms with Crippen LogP contribution in [0, 0.1) is 0 Å². The third kappa shape index (κ3) is 4.65. The van der Waals surface area contributed by atoms with E-state index in [2.05, 4.69) is 42.7 Å². The molecule has 1 saturated heterocycles. The van der Waals surface area contributed by atoms with Crippen molar-refractivity contribution >= 4 is 39.0 Å². The smallest absolute Gasteiger partial charge is 0.272 e. The Morgan fingerprint density at radius 2 is 1.93 bits per heavy atom. The quantitative estimate of drug-likeness (QED) is 0.582. The number of nitrogens with two attached hydrogens (primary N) is 1. The lowest BCUT2D eigenvalue weighted by Crippen LogP contribution is -2.46. The summed E-state index contributed by atoms with van der Waals surface area (Å²) in [4.78, 5) is 21.1. The van der Waals surface area contributed by atoms with Gasteiger partial charge in [-0.25, -0.2) is 4.98 Å². The summed E-state index contributed by atoms with van der Waals surface area (Å²) in [5.74, 6) is -0.200. The van der Waals surface area contributed by atoms with E-state index in [1.165, 1.54) is 10.4 Å². The van der Waals surface area contributed by atoms with Gasteiger partial charge in [0.05, 0.1) is 11.2 Å². The Bertz CT molecular complexity index is 966. The summed E-state index contributed by atoms with van der Waals surface area (Å²) < 4.78 is 4.56. The first-order chi connectivity index (χ1) is 14.2. The maximum atomic E-state index is 12.1. The average molecular weight is 411 g/mol. The van der Waals surface area contributed by atoms with Gasteiger partial charge in [0.25, 0.3) is 5.91 Å². The third-order valence-electron chi connectivity index (χ3n) is 5.27. The van der Waals surface area contributed by atoms with Gasteiger partial charge in [-0.1, -0.05) is 12.1 Å². The Balaban J connectivity index is 1.16. The largest absolute Gasteiger partial charge is 0.397 e. The standard InChI is InChI=1S/C21H26N6OS/c22-17-7-5-10-23-19(17)20(28)24-9-3-4-11-26-12-14-27(15-13-26)21-16-6-1-2-8-18(16)25-29-21/h1-2,5-8,10H,3-4,9,11-15,22H2,(H,24,28). The first kappa shape index (κ1) is 19.6. The zero-order valence-corrected chi connectivity index (χ0v) is 17.2. The van der Waals surface area contributed by atoms with Crippen molar-refractivity contribution in [1.29, 1.82) is 0 Å². The Kier molecular flexibility index (Phi) is 6.21. The van der Waals surface area contributed by atoms with E-state index in [1.54, 1.807) is 29.9 Å². The summed E-state index contributed by atoms with van der Waals surface area (Å²) in [6.45, 7) is 5.87. The van der Waals surface area contributed by atoms with Crippen molar-refractivity contribution < 1.29 is 4.79 Å². The molecule has 3 N–H and O–H groups in total. The summed E-state index contributed by atoms with van der Waals surface area (Å²) >= 11 is 1.60. The summed E-state index contributed by atoms with van der Waals surface area (Å²) in [6, 6.07) is 11.8. The number of hydrogen-bond acceptors (Lipinski definition) is 7. The van der Waals surface area contributed by atoms with Crippen LogP contribution < -0.4 is 16.0 Å². The number of fused-ring (bicyclic) bond motifs is 1. The minimum absolute atomic E-state index is 0.200. The molecule has 3 heterocycles. The molecule has 0 aliphatic carbocycles. The van der Waals surface area contributed by atoms with Crippen LogP contribution >= 0.6 is 11.5 Å². The van der Waals surface area contributed by atoms with Gasteiger partial charge in [-0.3, -0.25) is 9.69 Å². The number of carbonyl (C=O) groups excluding carboxylic acids is 1. The fourth-order valence-corrected chi connectivity index (χ4v) is 4.54. The maximum Gasteiger partial charge on any atom is 0.272 e. The number of unbranched alkanes of at least 4 members (excludes halogenated alkanes) is 1. The monoisotopic (exact) mass is 410 g/mol. The van der Waals surface area contributed by atoms with Crippen LogP contribution in [-0.4, -0.2) is 59.4 Å². The highest BCUT2D eigenvalue weighted by Gasteiger charge is 2.20. The molecule has 2 aromatic heterocycles. The lowest BCUT2D eigenvalue weighted by atomic mass is 10.2. The molecule has 0 saturated carbocycles. The molecule has 3 aromatic rings. The lowest BCUT2D eigenvalue weighted by molar-refractivity contribution is 0.0948. The summed E-state index contributed by atoms with van der Waals surface area (Å²) in [7, 11) is 0. The van der Waals surface area contributed by atoms with Gasteiger partial charge in [-0.05, 0) is 55.2 Å². The second-order valence-electron chi connectivity index (χ2n) is 7.24. The number of amides is 1. The van der Waals surface area contributed by atoms with E-state index in [4.69, 9.17) is 5.73 Å². The highest BCUT2D eigenvalue weighted by molar-refractivity contribution is 7.11. The Morgan fingerprint density at radius 1 is 1.10 bits per heavy atom. The number of carbonyl (C=O) groups is 1. The number of nitrogen functional groups attached to an aromatic ring is 1. The van der Waals surface area contributed by atoms with E-state index in [1.807, 2.05) is 6.07 Å². The highest BCUT2D eigenvalue weighted by Crippen LogP contribution is 2.31. The van der Waals surface area contributed by atoms with Gasteiger partial charge in [0.15, 0.2) is 5.69 Å². The van der Waals surface area contributed by atoms with E-state index in [9.17, 15) is 4.79 Å². The van der Waals surface area contributed by atoms with Crippen molar-refractivity contribution in [2.45, 2.75) is 12.8 Å². The molecule has 29 heavy (non-hydrogen) atoms. The first-order valence-electron chi connectivity index (χ1n) is 10.0. The molecule has 0 spiro atoms. The fourth-order valence-electron chi connectivity index (χ4n) is 3.63. The summed E-state index contributed by atoms with van der Waals surface area (Å²) in [5, 5.41) is 5.45. The van der Waals surface area contributed by atoms with E-state index >= 15 is 0 Å². The van der Waals surface area contributed by atoms with Crippen molar-refractivity contribution in [2.75, 3.05) is 49.9 Å². The molecule has 1 fully saturated rings. The number of nitrogens with zero attached hydrogens (tertiary/aromatic N) is 4. The molecule has 1 aliphatic heterocycles. The molecule has 4 rings (SSSR count). The lowest BCUT2D eigenvalue weighted by Gasteiger charge is -2.35. The predicted octanol–water partition coefficient (Wildman–Crippen LogP) is 2.61. The number of piperazine rings is 1. The second kappa shape index (κ2) is 9.19. The van der Waals surface area contributed by atoms with Crippen molar-refractivity contribution in [3.63, 3.8) is 0 Å². The SMILES string of the molecule is Nc1cccnc1C(=O)NCCCCN1CCN(c2snc3ccccc23)CC1. The molecule has 152 valence electrons. The molecule has 0 unspecified atom stereocenters. The fraction of sp³-hybridized carbons (Fsp3) is 0.381. The zero-order valence-electron chi connectivity index (χ0n) is 16.4. The van der Waals surface area contributed by atoms with Crippen LogP contribution in [0.25, 0.3) is 10.9 Å². The van der Waals surface area contributed by atoms with Crippen molar-refractivity contribution in [3.8, 4) is 0 Å². The number of nitrogens with one attached hydrogen (secondary N) is 1. The average Bonchev–Trinajstić information content (AvgIpc) is 3.18. The van der Waals surface area contributed by atoms with Gasteiger partial charge in [-0.2, -0.15) is 4.37 Å².